The lowest BCUT2D eigenvalue weighted by Crippen LogP contribution is -2.27. The van der Waals surface area contributed by atoms with Crippen molar-refractivity contribution in [2.75, 3.05) is 62.3 Å². The van der Waals surface area contributed by atoms with E-state index in [0.29, 0.717) is 75.5 Å². The number of hydrogen-bond donors (Lipinski definition) is 4. The second-order valence-electron chi connectivity index (χ2n) is 10.7. The van der Waals surface area contributed by atoms with Crippen LogP contribution in [0.15, 0.2) is 48.5 Å². The highest BCUT2D eigenvalue weighted by Gasteiger charge is 2.20. The van der Waals surface area contributed by atoms with Crippen molar-refractivity contribution in [3.05, 3.63) is 59.7 Å². The summed E-state index contributed by atoms with van der Waals surface area (Å²) in [6.07, 6.45) is 4.61. The molecule has 1 aliphatic heterocycles. The van der Waals surface area contributed by atoms with Crippen molar-refractivity contribution in [2.45, 2.75) is 45.2 Å². The molecule has 0 spiro atoms. The minimum Gasteiger partial charge on any atom is -0.454 e. The third-order valence-electron chi connectivity index (χ3n) is 7.34. The van der Waals surface area contributed by atoms with Gasteiger partial charge in [0.1, 0.15) is 0 Å². The predicted octanol–water partition coefficient (Wildman–Crippen LogP) is 4.08. The molecule has 2 aliphatic rings. The number of fused-ring (bicyclic) bond motifs is 1. The molecule has 12 nitrogen and oxygen atoms in total. The van der Waals surface area contributed by atoms with Crippen molar-refractivity contribution in [2.24, 2.45) is 5.92 Å². The molecule has 0 atom stereocenters. The molecule has 2 heterocycles. The molecule has 230 valence electrons. The number of nitrogens with one attached hydrogen (secondary N) is 4. The molecule has 1 aromatic heterocycles. The van der Waals surface area contributed by atoms with Gasteiger partial charge in [0.05, 0.1) is 26.4 Å². The molecule has 5 rings (SSSR count). The van der Waals surface area contributed by atoms with Crippen LogP contribution < -0.4 is 30.7 Å². The summed E-state index contributed by atoms with van der Waals surface area (Å²) in [4.78, 5) is 25.9. The van der Waals surface area contributed by atoms with E-state index < -0.39 is 0 Å². The van der Waals surface area contributed by atoms with Crippen LogP contribution in [0.1, 0.15) is 48.5 Å². The Kier molecular flexibility index (Phi) is 11.2. The smallest absolute Gasteiger partial charge is 0.251 e. The highest BCUT2D eigenvalue weighted by atomic mass is 16.7. The Morgan fingerprint density at radius 3 is 2.30 bits per heavy atom. The maximum absolute atomic E-state index is 12.0. The van der Waals surface area contributed by atoms with Crippen LogP contribution in [0, 0.1) is 5.92 Å². The Morgan fingerprint density at radius 1 is 0.814 bits per heavy atom. The summed E-state index contributed by atoms with van der Waals surface area (Å²) in [7, 11) is 0. The molecular formula is C31H41N7O5. The minimum absolute atomic E-state index is 0.108. The number of anilines is 3. The summed E-state index contributed by atoms with van der Waals surface area (Å²) in [6.45, 7) is 5.81. The number of amides is 1. The fourth-order valence-electron chi connectivity index (χ4n) is 4.90. The first-order valence-electron chi connectivity index (χ1n) is 15.0. The molecule has 1 saturated carbocycles. The average molecular weight is 592 g/mol. The topological polar surface area (TPSA) is 141 Å². The van der Waals surface area contributed by atoms with Gasteiger partial charge in [0, 0.05) is 31.2 Å². The van der Waals surface area contributed by atoms with Gasteiger partial charge in [-0.05, 0) is 61.4 Å². The second-order valence-corrected chi connectivity index (χ2v) is 10.7. The van der Waals surface area contributed by atoms with Crippen LogP contribution in [-0.4, -0.2) is 73.2 Å². The minimum atomic E-state index is -0.108. The van der Waals surface area contributed by atoms with E-state index in [1.165, 1.54) is 12.8 Å². The Balaban J connectivity index is 1.04. The molecule has 3 aromatic rings. The first kappa shape index (κ1) is 30.3. The largest absolute Gasteiger partial charge is 0.454 e. The van der Waals surface area contributed by atoms with E-state index in [0.717, 1.165) is 35.8 Å². The highest BCUT2D eigenvalue weighted by Crippen LogP contribution is 2.32. The van der Waals surface area contributed by atoms with Gasteiger partial charge in [0.25, 0.3) is 5.91 Å². The molecular weight excluding hydrogens is 550 g/mol. The number of nitrogens with zero attached hydrogens (tertiary/aromatic N) is 3. The summed E-state index contributed by atoms with van der Waals surface area (Å²) in [5, 5.41) is 12.9. The molecule has 1 fully saturated rings. The highest BCUT2D eigenvalue weighted by molar-refractivity contribution is 5.94. The van der Waals surface area contributed by atoms with Crippen molar-refractivity contribution in [3.63, 3.8) is 0 Å². The number of carbonyl (C=O) groups is 1. The van der Waals surface area contributed by atoms with E-state index in [4.69, 9.17) is 18.9 Å². The van der Waals surface area contributed by atoms with Crippen LogP contribution in [0.25, 0.3) is 0 Å². The summed E-state index contributed by atoms with van der Waals surface area (Å²) in [6, 6.07) is 15.3. The fourth-order valence-corrected chi connectivity index (χ4v) is 4.90. The Hall–Kier alpha value is -4.16. The van der Waals surface area contributed by atoms with Crippen LogP contribution in [0.5, 0.6) is 11.5 Å². The molecule has 43 heavy (non-hydrogen) atoms. The molecule has 0 saturated heterocycles. The number of ether oxygens (including phenoxy) is 4. The Morgan fingerprint density at radius 2 is 1.51 bits per heavy atom. The molecule has 4 N–H and O–H groups in total. The van der Waals surface area contributed by atoms with Gasteiger partial charge < -0.3 is 40.2 Å². The van der Waals surface area contributed by atoms with Crippen LogP contribution in [-0.2, 0) is 16.0 Å². The van der Waals surface area contributed by atoms with Gasteiger partial charge in [-0.2, -0.15) is 15.0 Å². The molecule has 1 amide bonds. The van der Waals surface area contributed by atoms with E-state index in [9.17, 15) is 4.79 Å². The lowest BCUT2D eigenvalue weighted by molar-refractivity contribution is 0.0519. The molecule has 12 heteroatoms. The summed E-state index contributed by atoms with van der Waals surface area (Å²) >= 11 is 0. The number of carbonyl (C=O) groups excluding carboxylic acids is 1. The van der Waals surface area contributed by atoms with Crippen molar-refractivity contribution in [3.8, 4) is 11.5 Å². The first-order valence-corrected chi connectivity index (χ1v) is 15.0. The molecule has 0 bridgehead atoms. The van der Waals surface area contributed by atoms with E-state index >= 15 is 0 Å². The van der Waals surface area contributed by atoms with Crippen LogP contribution in [0.3, 0.4) is 0 Å². The zero-order valence-corrected chi connectivity index (χ0v) is 24.6. The van der Waals surface area contributed by atoms with Crippen molar-refractivity contribution in [1.29, 1.82) is 0 Å². The maximum Gasteiger partial charge on any atom is 0.251 e. The van der Waals surface area contributed by atoms with E-state index in [1.807, 2.05) is 36.4 Å². The van der Waals surface area contributed by atoms with Gasteiger partial charge in [-0.1, -0.05) is 31.2 Å². The standard InChI is InChI=1S/C31H41N7O5/c1-22-7-10-25(11-8-22)35-31-37-29(36-30(38-31)34-20-23-9-12-26-27(19-23)43-21-42-26)33-14-16-41-18-17-40-15-13-32-28(39)24-5-3-2-4-6-24/h2-6,9,12,19,22,25H,7-8,10-11,13-18,20-21H2,1H3,(H,32,39)(H3,33,34,35,36,37,38). The van der Waals surface area contributed by atoms with Crippen LogP contribution >= 0.6 is 0 Å². The summed E-state index contributed by atoms with van der Waals surface area (Å²) in [5.41, 5.74) is 1.67. The third kappa shape index (κ3) is 9.69. The van der Waals surface area contributed by atoms with Gasteiger partial charge in [0.15, 0.2) is 11.5 Å². The van der Waals surface area contributed by atoms with Gasteiger partial charge in [-0.3, -0.25) is 4.79 Å². The zero-order valence-electron chi connectivity index (χ0n) is 24.6. The second kappa shape index (κ2) is 15.9. The first-order chi connectivity index (χ1) is 21.1. The SMILES string of the molecule is CC1CCC(Nc2nc(NCCOCCOCCNC(=O)c3ccccc3)nc(NCc3ccc4c(c3)OCO4)n2)CC1. The van der Waals surface area contributed by atoms with Crippen molar-refractivity contribution in [1.82, 2.24) is 20.3 Å². The third-order valence-corrected chi connectivity index (χ3v) is 7.34. The van der Waals surface area contributed by atoms with Crippen LogP contribution in [0.4, 0.5) is 17.8 Å². The monoisotopic (exact) mass is 591 g/mol. The fraction of sp³-hybridized carbons (Fsp3) is 0.484. The Bertz CT molecular complexity index is 1300. The predicted molar refractivity (Wildman–Crippen MR) is 164 cm³/mol. The Labute approximate surface area is 252 Å². The molecule has 0 unspecified atom stereocenters. The summed E-state index contributed by atoms with van der Waals surface area (Å²) in [5.74, 6) is 3.66. The van der Waals surface area contributed by atoms with Gasteiger partial charge in [-0.25, -0.2) is 0 Å². The van der Waals surface area contributed by atoms with Crippen molar-refractivity contribution >= 4 is 23.8 Å². The van der Waals surface area contributed by atoms with Gasteiger partial charge >= 0.3 is 0 Å². The quantitative estimate of drug-likeness (QED) is 0.179. The normalized spacial score (nSPS) is 17.3. The number of hydrogen-bond acceptors (Lipinski definition) is 11. The maximum atomic E-state index is 12.0. The molecule has 2 aromatic carbocycles. The molecule has 0 radical (unpaired) electrons. The van der Waals surface area contributed by atoms with Gasteiger partial charge in [-0.15, -0.1) is 0 Å². The van der Waals surface area contributed by atoms with Crippen molar-refractivity contribution < 1.29 is 23.7 Å². The molecule has 1 aliphatic carbocycles. The van der Waals surface area contributed by atoms with Gasteiger partial charge in [0.2, 0.25) is 24.6 Å². The van der Waals surface area contributed by atoms with Crippen LogP contribution in [0.2, 0.25) is 0 Å². The average Bonchev–Trinajstić information content (AvgIpc) is 3.50. The zero-order chi connectivity index (χ0) is 29.7. The number of benzene rings is 2. The van der Waals surface area contributed by atoms with E-state index in [-0.39, 0.29) is 12.7 Å². The lowest BCUT2D eigenvalue weighted by atomic mass is 9.87. The number of rotatable bonds is 16. The lowest BCUT2D eigenvalue weighted by Gasteiger charge is -2.27. The van der Waals surface area contributed by atoms with E-state index in [1.54, 1.807) is 12.1 Å². The number of aromatic nitrogens is 3. The van der Waals surface area contributed by atoms with E-state index in [2.05, 4.69) is 43.1 Å². The summed E-state index contributed by atoms with van der Waals surface area (Å²) < 4.78 is 22.2.